The fourth-order valence-corrected chi connectivity index (χ4v) is 2.11. The number of carbonyl (C=O) groups is 3. The smallest absolute Gasteiger partial charge is 0.331 e. The summed E-state index contributed by atoms with van der Waals surface area (Å²) in [7, 11) is 0. The summed E-state index contributed by atoms with van der Waals surface area (Å²) in [4.78, 5) is 35.1. The summed E-state index contributed by atoms with van der Waals surface area (Å²) in [5.74, 6) is -5.28. The number of carboxylic acid groups (broad SMARTS) is 1. The third kappa shape index (κ3) is 2.42. The lowest BCUT2D eigenvalue weighted by Crippen LogP contribution is -2.30. The number of anilines is 1. The predicted octanol–water partition coefficient (Wildman–Crippen LogP) is 1.92. The summed E-state index contributed by atoms with van der Waals surface area (Å²) >= 11 is 0. The molecule has 1 aromatic rings. The first kappa shape index (κ1) is 14.8. The van der Waals surface area contributed by atoms with Gasteiger partial charge in [0.2, 0.25) is 0 Å². The van der Waals surface area contributed by atoms with Crippen LogP contribution in [0.4, 0.5) is 14.5 Å². The highest BCUT2D eigenvalue weighted by Gasteiger charge is 2.40. The number of aliphatic carboxylic acids is 1. The van der Waals surface area contributed by atoms with E-state index >= 15 is 0 Å². The van der Waals surface area contributed by atoms with Crippen LogP contribution in [0, 0.1) is 11.6 Å². The summed E-state index contributed by atoms with van der Waals surface area (Å²) < 4.78 is 27.4. The van der Waals surface area contributed by atoms with Crippen molar-refractivity contribution in [2.24, 2.45) is 0 Å². The molecule has 1 amide bonds. The molecule has 110 valence electrons. The van der Waals surface area contributed by atoms with Gasteiger partial charge in [-0.1, -0.05) is 13.0 Å². The van der Waals surface area contributed by atoms with Gasteiger partial charge in [-0.2, -0.15) is 0 Å². The van der Waals surface area contributed by atoms with E-state index in [-0.39, 0.29) is 18.5 Å². The van der Waals surface area contributed by atoms with Crippen LogP contribution in [-0.2, 0) is 9.59 Å². The Labute approximate surface area is 118 Å². The zero-order chi connectivity index (χ0) is 15.7. The van der Waals surface area contributed by atoms with E-state index in [9.17, 15) is 23.2 Å². The Kier molecular flexibility index (Phi) is 3.84. The van der Waals surface area contributed by atoms with Crippen molar-refractivity contribution in [3.8, 4) is 0 Å². The Balaban J connectivity index is 2.45. The van der Waals surface area contributed by atoms with Crippen molar-refractivity contribution >= 4 is 23.3 Å². The van der Waals surface area contributed by atoms with Gasteiger partial charge in [-0.15, -0.1) is 0 Å². The molecule has 0 spiro atoms. The number of fused-ring (bicyclic) bond motifs is 1. The second-order valence-corrected chi connectivity index (χ2v) is 4.39. The minimum atomic E-state index is -1.17. The van der Waals surface area contributed by atoms with Crippen LogP contribution < -0.4 is 4.90 Å². The molecule has 0 aromatic heterocycles. The molecular weight excluding hydrogens is 284 g/mol. The van der Waals surface area contributed by atoms with Crippen molar-refractivity contribution in [2.45, 2.75) is 13.3 Å². The van der Waals surface area contributed by atoms with Crippen molar-refractivity contribution in [3.05, 3.63) is 41.0 Å². The number of rotatable bonds is 4. The molecule has 0 atom stereocenters. The van der Waals surface area contributed by atoms with Gasteiger partial charge in [-0.3, -0.25) is 14.5 Å². The van der Waals surface area contributed by atoms with Crippen LogP contribution in [-0.4, -0.2) is 29.3 Å². The lowest BCUT2D eigenvalue weighted by molar-refractivity contribution is -0.132. The third-order valence-electron chi connectivity index (χ3n) is 3.19. The molecule has 21 heavy (non-hydrogen) atoms. The van der Waals surface area contributed by atoms with Crippen LogP contribution in [0.1, 0.15) is 23.7 Å². The summed E-state index contributed by atoms with van der Waals surface area (Å²) in [5, 5.41) is 8.89. The number of ketones is 1. The van der Waals surface area contributed by atoms with Gasteiger partial charge in [-0.05, 0) is 18.6 Å². The molecule has 7 heteroatoms. The number of hydrogen-bond acceptors (Lipinski definition) is 3. The predicted molar refractivity (Wildman–Crippen MR) is 69.1 cm³/mol. The molecular formula is C14H11F2NO4. The summed E-state index contributed by atoms with van der Waals surface area (Å²) in [6, 6.07) is 1.59. The molecule has 1 N–H and O–H groups in total. The van der Waals surface area contributed by atoms with Gasteiger partial charge in [0.05, 0.1) is 11.3 Å². The molecule has 5 nitrogen and oxygen atoms in total. The van der Waals surface area contributed by atoms with Crippen molar-refractivity contribution in [3.63, 3.8) is 0 Å². The highest BCUT2D eigenvalue weighted by molar-refractivity contribution is 6.52. The molecule has 0 bridgehead atoms. The molecule has 0 unspecified atom stereocenters. The Morgan fingerprint density at radius 2 is 1.90 bits per heavy atom. The van der Waals surface area contributed by atoms with Crippen LogP contribution in [0.5, 0.6) is 0 Å². The van der Waals surface area contributed by atoms with Crippen molar-refractivity contribution in [2.75, 3.05) is 11.4 Å². The van der Waals surface area contributed by atoms with E-state index in [4.69, 9.17) is 5.11 Å². The van der Waals surface area contributed by atoms with Gasteiger partial charge in [0, 0.05) is 12.1 Å². The van der Waals surface area contributed by atoms with E-state index < -0.39 is 40.5 Å². The van der Waals surface area contributed by atoms with E-state index in [1.165, 1.54) is 6.08 Å². The quantitative estimate of drug-likeness (QED) is 0.680. The van der Waals surface area contributed by atoms with Crippen LogP contribution >= 0.6 is 0 Å². The maximum absolute atomic E-state index is 13.8. The van der Waals surface area contributed by atoms with Gasteiger partial charge in [0.25, 0.3) is 11.7 Å². The van der Waals surface area contributed by atoms with Gasteiger partial charge >= 0.3 is 5.97 Å². The number of benzene rings is 1. The van der Waals surface area contributed by atoms with Gasteiger partial charge in [0.1, 0.15) is 11.6 Å². The van der Waals surface area contributed by atoms with Gasteiger partial charge in [-0.25, -0.2) is 13.6 Å². The maximum Gasteiger partial charge on any atom is 0.331 e. The van der Waals surface area contributed by atoms with Crippen LogP contribution in [0.2, 0.25) is 0 Å². The van der Waals surface area contributed by atoms with E-state index in [1.807, 2.05) is 0 Å². The van der Waals surface area contributed by atoms with E-state index in [0.717, 1.165) is 17.0 Å². The fourth-order valence-electron chi connectivity index (χ4n) is 2.11. The lowest BCUT2D eigenvalue weighted by atomic mass is 10.1. The zero-order valence-corrected chi connectivity index (χ0v) is 11.0. The van der Waals surface area contributed by atoms with Crippen LogP contribution in [0.3, 0.4) is 0 Å². The minimum Gasteiger partial charge on any atom is -0.478 e. The Morgan fingerprint density at radius 1 is 1.29 bits per heavy atom. The first-order chi connectivity index (χ1) is 9.88. The minimum absolute atomic E-state index is 0.0144. The number of carbonyl (C=O) groups excluding carboxylic acids is 2. The highest BCUT2D eigenvalue weighted by atomic mass is 19.1. The Hall–Kier alpha value is -2.57. The molecule has 1 aliphatic rings. The molecule has 0 radical (unpaired) electrons. The molecule has 0 saturated heterocycles. The average molecular weight is 295 g/mol. The molecule has 0 fully saturated rings. The lowest BCUT2D eigenvalue weighted by Gasteiger charge is -2.15. The van der Waals surface area contributed by atoms with Crippen molar-refractivity contribution in [1.82, 2.24) is 0 Å². The Bertz CT molecular complexity index is 682. The van der Waals surface area contributed by atoms with E-state index in [0.29, 0.717) is 0 Å². The monoisotopic (exact) mass is 295 g/mol. The second-order valence-electron chi connectivity index (χ2n) is 4.39. The fraction of sp³-hybridized carbons (Fsp3) is 0.214. The highest BCUT2D eigenvalue weighted by Crippen LogP contribution is 2.33. The number of halogens is 2. The molecule has 2 rings (SSSR count). The maximum atomic E-state index is 13.8. The molecule has 0 saturated carbocycles. The molecule has 1 aliphatic heterocycles. The van der Waals surface area contributed by atoms with Crippen molar-refractivity contribution < 1.29 is 28.3 Å². The average Bonchev–Trinajstić information content (AvgIpc) is 2.69. The largest absolute Gasteiger partial charge is 0.478 e. The SMILES string of the molecule is CC/C(=C/CN1C(=O)C(=O)c2c(F)ccc(F)c21)C(=O)O. The molecule has 1 heterocycles. The number of carboxylic acids is 1. The van der Waals surface area contributed by atoms with Crippen molar-refractivity contribution in [1.29, 1.82) is 0 Å². The summed E-state index contributed by atoms with van der Waals surface area (Å²) in [5.41, 5.74) is -1.04. The van der Waals surface area contributed by atoms with Gasteiger partial charge < -0.3 is 5.11 Å². The number of hydrogen-bond donors (Lipinski definition) is 1. The van der Waals surface area contributed by atoms with Crippen LogP contribution in [0.25, 0.3) is 0 Å². The van der Waals surface area contributed by atoms with E-state index in [2.05, 4.69) is 0 Å². The molecule has 1 aromatic carbocycles. The van der Waals surface area contributed by atoms with E-state index in [1.54, 1.807) is 6.92 Å². The third-order valence-corrected chi connectivity index (χ3v) is 3.19. The Morgan fingerprint density at radius 3 is 2.48 bits per heavy atom. The topological polar surface area (TPSA) is 74.7 Å². The normalized spacial score (nSPS) is 14.6. The van der Waals surface area contributed by atoms with Crippen LogP contribution in [0.15, 0.2) is 23.8 Å². The number of nitrogens with zero attached hydrogens (tertiary/aromatic N) is 1. The second kappa shape index (κ2) is 5.43. The zero-order valence-electron chi connectivity index (χ0n) is 11.0. The van der Waals surface area contributed by atoms with Gasteiger partial charge in [0.15, 0.2) is 0 Å². The first-order valence-electron chi connectivity index (χ1n) is 6.15. The number of Topliss-reactive ketones (excluding diaryl/α,β-unsaturated/α-hetero) is 1. The standard InChI is InChI=1S/C14H11F2NO4/c1-2-7(14(20)21)5-6-17-11-9(16)4-3-8(15)10(11)12(18)13(17)19/h3-5H,2,6H2,1H3,(H,20,21)/b7-5-. The summed E-state index contributed by atoms with van der Waals surface area (Å²) in [6.07, 6.45) is 1.40. The molecule has 0 aliphatic carbocycles. The first-order valence-corrected chi connectivity index (χ1v) is 6.15. The number of amides is 1. The summed E-state index contributed by atoms with van der Waals surface area (Å²) in [6.45, 7) is 1.29.